The van der Waals surface area contributed by atoms with E-state index in [0.717, 1.165) is 5.92 Å². The van der Waals surface area contributed by atoms with Crippen LogP contribution in [0, 0.1) is 5.92 Å². The van der Waals surface area contributed by atoms with Gasteiger partial charge in [-0.1, -0.05) is 24.5 Å². The second-order valence-corrected chi connectivity index (χ2v) is 6.22. The minimum absolute atomic E-state index is 0.468. The van der Waals surface area contributed by atoms with Crippen molar-refractivity contribution in [2.45, 2.75) is 64.3 Å². The summed E-state index contributed by atoms with van der Waals surface area (Å²) in [7, 11) is 0. The van der Waals surface area contributed by atoms with Crippen molar-refractivity contribution in [2.24, 2.45) is 5.92 Å². The Bertz CT molecular complexity index is 317. The first-order valence-electron chi connectivity index (χ1n) is 7.20. The van der Waals surface area contributed by atoms with Gasteiger partial charge in [-0.25, -0.2) is 0 Å². The molecule has 0 aromatic carbocycles. The Morgan fingerprint density at radius 1 is 1.31 bits per heavy atom. The molecule has 2 heterocycles. The van der Waals surface area contributed by atoms with Crippen LogP contribution < -0.4 is 0 Å². The molecule has 0 saturated carbocycles. The highest BCUT2D eigenvalue weighted by Crippen LogP contribution is 2.47. The first kappa shape index (κ1) is 10.8. The Kier molecular flexibility index (Phi) is 2.62. The second-order valence-electron chi connectivity index (χ2n) is 6.22. The lowest BCUT2D eigenvalue weighted by atomic mass is 9.74. The molecule has 2 aliphatic heterocycles. The normalized spacial score (nSPS) is 39.8. The predicted molar refractivity (Wildman–Crippen MR) is 68.5 cm³/mol. The third-order valence-electron chi connectivity index (χ3n) is 5.46. The topological polar surface area (TPSA) is 3.24 Å². The lowest BCUT2D eigenvalue weighted by Crippen LogP contribution is -2.55. The zero-order valence-electron chi connectivity index (χ0n) is 10.9. The van der Waals surface area contributed by atoms with Crippen molar-refractivity contribution < 1.29 is 0 Å². The largest absolute Gasteiger partial charge is 0.294 e. The van der Waals surface area contributed by atoms with Crippen LogP contribution in [0.4, 0.5) is 0 Å². The summed E-state index contributed by atoms with van der Waals surface area (Å²) in [4.78, 5) is 2.81. The van der Waals surface area contributed by atoms with Gasteiger partial charge in [0.1, 0.15) is 0 Å². The number of nitrogens with zero attached hydrogens (tertiary/aromatic N) is 1. The Morgan fingerprint density at radius 2 is 2.19 bits per heavy atom. The summed E-state index contributed by atoms with van der Waals surface area (Å²) >= 11 is 0. The highest BCUT2D eigenvalue weighted by atomic mass is 15.2. The van der Waals surface area contributed by atoms with Gasteiger partial charge >= 0.3 is 0 Å². The minimum atomic E-state index is 0.468. The van der Waals surface area contributed by atoms with E-state index in [2.05, 4.69) is 18.7 Å². The quantitative estimate of drug-likeness (QED) is 0.607. The maximum atomic E-state index is 2.81. The van der Waals surface area contributed by atoms with E-state index < -0.39 is 0 Å². The average molecular weight is 219 g/mol. The van der Waals surface area contributed by atoms with E-state index in [4.69, 9.17) is 0 Å². The van der Waals surface area contributed by atoms with Crippen LogP contribution in [0.1, 0.15) is 58.8 Å². The molecule has 0 bridgehead atoms. The molecule has 0 N–H and O–H groups in total. The van der Waals surface area contributed by atoms with Gasteiger partial charge in [0, 0.05) is 18.6 Å². The van der Waals surface area contributed by atoms with Crippen molar-refractivity contribution in [3.8, 4) is 0 Å². The molecule has 1 aliphatic carbocycles. The van der Waals surface area contributed by atoms with Gasteiger partial charge in [-0.2, -0.15) is 0 Å². The summed E-state index contributed by atoms with van der Waals surface area (Å²) in [6.45, 7) is 7.59. The fourth-order valence-electron chi connectivity index (χ4n) is 4.26. The van der Waals surface area contributed by atoms with E-state index >= 15 is 0 Å². The zero-order valence-corrected chi connectivity index (χ0v) is 10.9. The number of piperidine rings is 1. The number of hydrogen-bond donors (Lipinski definition) is 0. The first-order chi connectivity index (χ1) is 7.74. The molecule has 1 saturated heterocycles. The fraction of sp³-hybridized carbons (Fsp3) is 0.867. The van der Waals surface area contributed by atoms with Crippen LogP contribution in [0.15, 0.2) is 11.1 Å². The Morgan fingerprint density at radius 3 is 3.00 bits per heavy atom. The van der Waals surface area contributed by atoms with E-state index in [9.17, 15) is 0 Å². The summed E-state index contributed by atoms with van der Waals surface area (Å²) in [5, 5.41) is 0. The summed E-state index contributed by atoms with van der Waals surface area (Å²) in [5.74, 6) is 0.969. The van der Waals surface area contributed by atoms with Crippen molar-refractivity contribution in [1.29, 1.82) is 0 Å². The maximum Gasteiger partial charge on any atom is 0.0395 e. The molecular formula is C15H25N. The SMILES string of the molecule is CCC1CCC2(C)C3=C(CCC3)CCN2C1. The molecule has 16 heavy (non-hydrogen) atoms. The standard InChI is InChI=1S/C15H25N/c1-3-12-7-9-15(2)14-6-4-5-13(14)8-10-16(15)11-12/h12H,3-11H2,1-2H3. The molecule has 2 atom stereocenters. The van der Waals surface area contributed by atoms with Gasteiger partial charge in [0.05, 0.1) is 0 Å². The molecule has 0 aromatic heterocycles. The summed E-state index contributed by atoms with van der Waals surface area (Å²) < 4.78 is 0. The van der Waals surface area contributed by atoms with E-state index in [1.807, 2.05) is 11.1 Å². The van der Waals surface area contributed by atoms with Crippen LogP contribution in [0.25, 0.3) is 0 Å². The third-order valence-corrected chi connectivity index (χ3v) is 5.46. The van der Waals surface area contributed by atoms with Gasteiger partial charge in [-0.3, -0.25) is 4.90 Å². The van der Waals surface area contributed by atoms with Crippen molar-refractivity contribution in [2.75, 3.05) is 13.1 Å². The van der Waals surface area contributed by atoms with Gasteiger partial charge < -0.3 is 0 Å². The molecule has 90 valence electrons. The van der Waals surface area contributed by atoms with Crippen LogP contribution in [0.2, 0.25) is 0 Å². The van der Waals surface area contributed by atoms with E-state index in [-0.39, 0.29) is 0 Å². The first-order valence-corrected chi connectivity index (χ1v) is 7.20. The van der Waals surface area contributed by atoms with Crippen molar-refractivity contribution in [1.82, 2.24) is 4.90 Å². The number of fused-ring (bicyclic) bond motifs is 2. The smallest absolute Gasteiger partial charge is 0.0395 e. The molecule has 0 amide bonds. The van der Waals surface area contributed by atoms with Gasteiger partial charge in [-0.05, 0) is 51.4 Å². The molecule has 3 rings (SSSR count). The minimum Gasteiger partial charge on any atom is -0.294 e. The van der Waals surface area contributed by atoms with Gasteiger partial charge in [0.25, 0.3) is 0 Å². The van der Waals surface area contributed by atoms with Gasteiger partial charge in [0.15, 0.2) is 0 Å². The Hall–Kier alpha value is -0.300. The average Bonchev–Trinajstić information content (AvgIpc) is 2.77. The van der Waals surface area contributed by atoms with E-state index in [1.54, 1.807) is 0 Å². The Labute approximate surface area is 99.9 Å². The van der Waals surface area contributed by atoms with Crippen LogP contribution in [-0.2, 0) is 0 Å². The predicted octanol–water partition coefficient (Wildman–Crippen LogP) is 3.75. The molecule has 1 nitrogen and oxygen atoms in total. The van der Waals surface area contributed by atoms with Crippen molar-refractivity contribution in [3.05, 3.63) is 11.1 Å². The van der Waals surface area contributed by atoms with Crippen LogP contribution >= 0.6 is 0 Å². The molecule has 1 heteroatoms. The second kappa shape index (κ2) is 3.87. The molecule has 2 unspecified atom stereocenters. The van der Waals surface area contributed by atoms with Gasteiger partial charge in [0.2, 0.25) is 0 Å². The van der Waals surface area contributed by atoms with Crippen LogP contribution in [0.5, 0.6) is 0 Å². The highest BCUT2D eigenvalue weighted by Gasteiger charge is 2.44. The lowest BCUT2D eigenvalue weighted by Gasteiger charge is -2.51. The van der Waals surface area contributed by atoms with E-state index in [1.165, 1.54) is 58.0 Å². The molecule has 1 fully saturated rings. The molecule has 0 aromatic rings. The molecule has 0 spiro atoms. The maximum absolute atomic E-state index is 2.81. The van der Waals surface area contributed by atoms with Crippen LogP contribution in [0.3, 0.4) is 0 Å². The summed E-state index contributed by atoms with van der Waals surface area (Å²) in [5.41, 5.74) is 4.16. The monoisotopic (exact) mass is 219 g/mol. The summed E-state index contributed by atoms with van der Waals surface area (Å²) in [6, 6.07) is 0. The highest BCUT2D eigenvalue weighted by molar-refractivity contribution is 5.33. The van der Waals surface area contributed by atoms with E-state index in [0.29, 0.717) is 5.54 Å². The van der Waals surface area contributed by atoms with Crippen LogP contribution in [-0.4, -0.2) is 23.5 Å². The van der Waals surface area contributed by atoms with Crippen molar-refractivity contribution >= 4 is 0 Å². The molecular weight excluding hydrogens is 194 g/mol. The molecule has 3 aliphatic rings. The third kappa shape index (κ3) is 1.48. The number of rotatable bonds is 1. The van der Waals surface area contributed by atoms with Gasteiger partial charge in [-0.15, -0.1) is 0 Å². The fourth-order valence-corrected chi connectivity index (χ4v) is 4.26. The summed E-state index contributed by atoms with van der Waals surface area (Å²) in [6.07, 6.45) is 9.88. The van der Waals surface area contributed by atoms with Crippen molar-refractivity contribution in [3.63, 3.8) is 0 Å². The molecule has 0 radical (unpaired) electrons. The zero-order chi connectivity index (χ0) is 11.2. The Balaban J connectivity index is 1.87. The number of hydrogen-bond acceptors (Lipinski definition) is 1. The lowest BCUT2D eigenvalue weighted by molar-refractivity contribution is 0.0475.